The third-order valence-corrected chi connectivity index (χ3v) is 4.64. The van der Waals surface area contributed by atoms with E-state index in [0.29, 0.717) is 23.3 Å². The Morgan fingerprint density at radius 2 is 2.12 bits per heavy atom. The van der Waals surface area contributed by atoms with Gasteiger partial charge < -0.3 is 10.1 Å². The number of hydrogen-bond donors (Lipinski definition) is 1. The van der Waals surface area contributed by atoms with E-state index in [1.807, 2.05) is 0 Å². The zero-order valence-corrected chi connectivity index (χ0v) is 10.4. The van der Waals surface area contributed by atoms with Gasteiger partial charge in [0.15, 0.2) is 9.84 Å². The van der Waals surface area contributed by atoms with Crippen molar-refractivity contribution < 1.29 is 17.9 Å². The van der Waals surface area contributed by atoms with Crippen LogP contribution in [0.1, 0.15) is 15.9 Å². The van der Waals surface area contributed by atoms with E-state index >= 15 is 0 Å². The van der Waals surface area contributed by atoms with Crippen molar-refractivity contribution in [2.45, 2.75) is 11.3 Å². The average molecular weight is 255 g/mol. The molecule has 1 aromatic carbocycles. The molecule has 0 aromatic heterocycles. The minimum atomic E-state index is -3.20. The topological polar surface area (TPSA) is 72.5 Å². The van der Waals surface area contributed by atoms with Gasteiger partial charge in [-0.05, 0) is 18.6 Å². The number of carbonyl (C=O) groups is 1. The minimum absolute atomic E-state index is 0.0793. The molecule has 1 amide bonds. The number of nitrogens with one attached hydrogen (secondary N) is 1. The fourth-order valence-electron chi connectivity index (χ4n) is 2.03. The van der Waals surface area contributed by atoms with Crippen LogP contribution in [-0.4, -0.2) is 34.2 Å². The first-order valence-corrected chi connectivity index (χ1v) is 6.81. The lowest BCUT2D eigenvalue weighted by Crippen LogP contribution is -2.19. The second-order valence-corrected chi connectivity index (χ2v) is 5.85. The second-order valence-electron chi connectivity index (χ2n) is 3.77. The molecule has 5 nitrogen and oxygen atoms in total. The van der Waals surface area contributed by atoms with Crippen molar-refractivity contribution in [3.63, 3.8) is 0 Å². The number of benzene rings is 1. The van der Waals surface area contributed by atoms with Gasteiger partial charge in [0.25, 0.3) is 5.91 Å². The Bertz CT molecular complexity index is 577. The van der Waals surface area contributed by atoms with Gasteiger partial charge in [0, 0.05) is 12.6 Å². The first-order valence-electron chi connectivity index (χ1n) is 5.16. The largest absolute Gasteiger partial charge is 0.496 e. The maximum absolute atomic E-state index is 11.7. The molecule has 6 heteroatoms. The highest BCUT2D eigenvalue weighted by Crippen LogP contribution is 2.35. The van der Waals surface area contributed by atoms with E-state index in [4.69, 9.17) is 4.74 Å². The van der Waals surface area contributed by atoms with Crippen LogP contribution >= 0.6 is 0 Å². The summed E-state index contributed by atoms with van der Waals surface area (Å²) in [5, 5.41) is 2.50. The standard InChI is InChI=1S/C11H13NO4S/c1-12-11(13)8-3-4-9-7(10(8)16-2)5-6-17(9,14)15/h3-4H,5-6H2,1-2H3,(H,12,13). The van der Waals surface area contributed by atoms with E-state index < -0.39 is 9.84 Å². The van der Waals surface area contributed by atoms with Gasteiger partial charge in [-0.3, -0.25) is 4.79 Å². The van der Waals surface area contributed by atoms with Crippen LogP contribution in [-0.2, 0) is 16.3 Å². The molecule has 0 saturated heterocycles. The van der Waals surface area contributed by atoms with Crippen molar-refractivity contribution in [2.24, 2.45) is 0 Å². The molecule has 0 atom stereocenters. The number of methoxy groups -OCH3 is 1. The zero-order chi connectivity index (χ0) is 12.6. The summed E-state index contributed by atoms with van der Waals surface area (Å²) in [5.41, 5.74) is 0.972. The molecule has 2 rings (SSSR count). The van der Waals surface area contributed by atoms with Crippen molar-refractivity contribution >= 4 is 15.7 Å². The SMILES string of the molecule is CNC(=O)c1ccc2c(c1OC)CCS2(=O)=O. The van der Waals surface area contributed by atoms with Crippen molar-refractivity contribution in [1.29, 1.82) is 0 Å². The monoisotopic (exact) mass is 255 g/mol. The van der Waals surface area contributed by atoms with E-state index in [1.54, 1.807) is 0 Å². The zero-order valence-electron chi connectivity index (χ0n) is 9.61. The maximum Gasteiger partial charge on any atom is 0.254 e. The van der Waals surface area contributed by atoms with Crippen LogP contribution in [0.2, 0.25) is 0 Å². The van der Waals surface area contributed by atoms with Gasteiger partial charge in [-0.1, -0.05) is 0 Å². The number of fused-ring (bicyclic) bond motifs is 1. The van der Waals surface area contributed by atoms with Crippen molar-refractivity contribution in [3.8, 4) is 5.75 Å². The highest BCUT2D eigenvalue weighted by atomic mass is 32.2. The number of sulfone groups is 1. The van der Waals surface area contributed by atoms with Gasteiger partial charge in [-0.25, -0.2) is 8.42 Å². The third kappa shape index (κ3) is 1.78. The van der Waals surface area contributed by atoms with Gasteiger partial charge in [0.1, 0.15) is 5.75 Å². The summed E-state index contributed by atoms with van der Waals surface area (Å²) in [7, 11) is -0.242. The summed E-state index contributed by atoms with van der Waals surface area (Å²) in [6.45, 7) is 0. The lowest BCUT2D eigenvalue weighted by Gasteiger charge is -2.11. The molecule has 1 aromatic rings. The number of hydrogen-bond acceptors (Lipinski definition) is 4. The van der Waals surface area contributed by atoms with Crippen LogP contribution in [0.4, 0.5) is 0 Å². The molecule has 1 aliphatic heterocycles. The molecule has 0 bridgehead atoms. The fraction of sp³-hybridized carbons (Fsp3) is 0.364. The summed E-state index contributed by atoms with van der Waals surface area (Å²) in [4.78, 5) is 11.9. The third-order valence-electron chi connectivity index (χ3n) is 2.85. The van der Waals surface area contributed by atoms with E-state index in [9.17, 15) is 13.2 Å². The van der Waals surface area contributed by atoms with Crippen LogP contribution in [0.25, 0.3) is 0 Å². The van der Waals surface area contributed by atoms with Gasteiger partial charge in [-0.15, -0.1) is 0 Å². The van der Waals surface area contributed by atoms with E-state index in [-0.39, 0.29) is 16.6 Å². The first kappa shape index (κ1) is 11.9. The highest BCUT2D eigenvalue weighted by molar-refractivity contribution is 7.91. The van der Waals surface area contributed by atoms with Crippen LogP contribution in [0.15, 0.2) is 17.0 Å². The van der Waals surface area contributed by atoms with E-state index in [2.05, 4.69) is 5.32 Å². The molecule has 0 fully saturated rings. The Balaban J connectivity index is 2.67. The smallest absolute Gasteiger partial charge is 0.254 e. The van der Waals surface area contributed by atoms with Gasteiger partial charge in [0.05, 0.1) is 23.3 Å². The normalized spacial score (nSPS) is 16.4. The molecular formula is C11H13NO4S. The minimum Gasteiger partial charge on any atom is -0.496 e. The van der Waals surface area contributed by atoms with Crippen LogP contribution in [0.3, 0.4) is 0 Å². The van der Waals surface area contributed by atoms with Crippen molar-refractivity contribution in [3.05, 3.63) is 23.3 Å². The number of amides is 1. The highest BCUT2D eigenvalue weighted by Gasteiger charge is 2.31. The number of rotatable bonds is 2. The number of carbonyl (C=O) groups excluding carboxylic acids is 1. The molecule has 17 heavy (non-hydrogen) atoms. The first-order chi connectivity index (χ1) is 8.01. The summed E-state index contributed by atoms with van der Waals surface area (Å²) < 4.78 is 28.6. The summed E-state index contributed by atoms with van der Waals surface area (Å²) in [6, 6.07) is 2.96. The van der Waals surface area contributed by atoms with Crippen LogP contribution in [0, 0.1) is 0 Å². The molecule has 1 N–H and O–H groups in total. The Labute approximate surface area is 99.7 Å². The van der Waals surface area contributed by atoms with Crippen LogP contribution < -0.4 is 10.1 Å². The van der Waals surface area contributed by atoms with E-state index in [1.165, 1.54) is 26.3 Å². The molecule has 0 saturated carbocycles. The Kier molecular flexibility index (Phi) is 2.82. The van der Waals surface area contributed by atoms with E-state index in [0.717, 1.165) is 0 Å². The molecular weight excluding hydrogens is 242 g/mol. The Morgan fingerprint density at radius 3 is 2.71 bits per heavy atom. The molecule has 0 spiro atoms. The summed E-state index contributed by atoms with van der Waals surface area (Å²) in [5.74, 6) is 0.160. The molecule has 0 aliphatic carbocycles. The van der Waals surface area contributed by atoms with Gasteiger partial charge >= 0.3 is 0 Å². The van der Waals surface area contributed by atoms with Gasteiger partial charge in [0.2, 0.25) is 0 Å². The predicted molar refractivity (Wildman–Crippen MR) is 62.1 cm³/mol. The second kappa shape index (κ2) is 4.03. The lowest BCUT2D eigenvalue weighted by atomic mass is 10.1. The molecule has 1 heterocycles. The molecule has 0 unspecified atom stereocenters. The van der Waals surface area contributed by atoms with Crippen molar-refractivity contribution in [2.75, 3.05) is 19.9 Å². The summed E-state index contributed by atoms with van der Waals surface area (Å²) >= 11 is 0. The quantitative estimate of drug-likeness (QED) is 0.829. The Hall–Kier alpha value is -1.56. The fourth-order valence-corrected chi connectivity index (χ4v) is 3.57. The summed E-state index contributed by atoms with van der Waals surface area (Å²) in [6.07, 6.45) is 0.395. The van der Waals surface area contributed by atoms with Crippen LogP contribution in [0.5, 0.6) is 5.75 Å². The Morgan fingerprint density at radius 1 is 1.41 bits per heavy atom. The molecule has 0 radical (unpaired) electrons. The predicted octanol–water partition coefficient (Wildman–Crippen LogP) is 0.385. The molecule has 92 valence electrons. The van der Waals surface area contributed by atoms with Crippen molar-refractivity contribution in [1.82, 2.24) is 5.32 Å². The maximum atomic E-state index is 11.7. The van der Waals surface area contributed by atoms with Gasteiger partial charge in [-0.2, -0.15) is 0 Å². The lowest BCUT2D eigenvalue weighted by molar-refractivity contribution is 0.0960. The molecule has 1 aliphatic rings. The number of ether oxygens (including phenoxy) is 1. The average Bonchev–Trinajstić information content (AvgIpc) is 2.63.